The molecule has 8 atom stereocenters. The zero-order valence-electron chi connectivity index (χ0n) is 26.4. The molecular weight excluding hydrogens is 529 g/mol. The number of benzene rings is 1. The Bertz CT molecular complexity index is 1200. The van der Waals surface area contributed by atoms with Crippen LogP contribution < -0.4 is 5.32 Å². The highest BCUT2D eigenvalue weighted by Gasteiger charge is 2.68. The molecule has 2 heterocycles. The van der Waals surface area contributed by atoms with Crippen molar-refractivity contribution in [2.75, 3.05) is 13.2 Å². The van der Waals surface area contributed by atoms with Gasteiger partial charge in [0.1, 0.15) is 12.5 Å². The number of rotatable bonds is 8. The first-order chi connectivity index (χ1) is 19.7. The van der Waals surface area contributed by atoms with E-state index in [-0.39, 0.29) is 47.0 Å². The van der Waals surface area contributed by atoms with Gasteiger partial charge in [-0.25, -0.2) is 4.79 Å². The Labute approximate surface area is 252 Å². The smallest absolute Gasteiger partial charge is 0.447 e. The molecule has 2 bridgehead atoms. The van der Waals surface area contributed by atoms with Gasteiger partial charge in [-0.15, -0.1) is 0 Å². The van der Waals surface area contributed by atoms with Crippen molar-refractivity contribution in [3.63, 3.8) is 0 Å². The van der Waals surface area contributed by atoms with E-state index in [1.54, 1.807) is 4.90 Å². The molecule has 1 aromatic rings. The maximum atomic E-state index is 13.4. The fraction of sp³-hybridized carbons (Fsp3) is 0.727. The van der Waals surface area contributed by atoms with E-state index in [1.807, 2.05) is 51.1 Å². The predicted molar refractivity (Wildman–Crippen MR) is 161 cm³/mol. The van der Waals surface area contributed by atoms with Gasteiger partial charge in [-0.2, -0.15) is 5.26 Å². The lowest BCUT2D eigenvalue weighted by molar-refractivity contribution is -0.199. The molecule has 2 aliphatic heterocycles. The van der Waals surface area contributed by atoms with Gasteiger partial charge in [0.05, 0.1) is 29.8 Å². The first-order valence-electron chi connectivity index (χ1n) is 15.7. The van der Waals surface area contributed by atoms with Crippen LogP contribution in [0.15, 0.2) is 30.3 Å². The number of carbonyl (C=O) groups is 2. The SMILES string of the molecule is C[C@H]1C[C@@H](COC(=O)N[C@@H](Cc2ccccc2)B2O[C@@H]3C[C@@H]4C[C@@H](C4(C)C)[C@]3(C)O2)N(C(=O)C(C#N)CC(C)(C)C)C1. The van der Waals surface area contributed by atoms with Crippen LogP contribution in [-0.2, 0) is 25.3 Å². The Kier molecular flexibility index (Phi) is 8.46. The van der Waals surface area contributed by atoms with Gasteiger partial charge in [0.25, 0.3) is 0 Å². The second-order valence-electron chi connectivity index (χ2n) is 15.3. The van der Waals surface area contributed by atoms with E-state index >= 15 is 0 Å². The lowest BCUT2D eigenvalue weighted by Crippen LogP contribution is -2.65. The van der Waals surface area contributed by atoms with Crippen LogP contribution in [-0.4, -0.2) is 60.9 Å². The first-order valence-corrected chi connectivity index (χ1v) is 15.7. The van der Waals surface area contributed by atoms with E-state index in [1.165, 1.54) is 0 Å². The summed E-state index contributed by atoms with van der Waals surface area (Å²) >= 11 is 0. The van der Waals surface area contributed by atoms with Gasteiger partial charge in [0.2, 0.25) is 5.91 Å². The third kappa shape index (κ3) is 6.08. The fourth-order valence-corrected chi connectivity index (χ4v) is 8.10. The van der Waals surface area contributed by atoms with Gasteiger partial charge in [-0.1, -0.05) is 71.9 Å². The van der Waals surface area contributed by atoms with Crippen LogP contribution in [0, 0.1) is 45.8 Å². The Morgan fingerprint density at radius 1 is 1.19 bits per heavy atom. The second kappa shape index (κ2) is 11.5. The number of amides is 2. The molecule has 42 heavy (non-hydrogen) atoms. The molecule has 9 heteroatoms. The van der Waals surface area contributed by atoms with Crippen LogP contribution in [0.4, 0.5) is 4.79 Å². The number of hydrogen-bond acceptors (Lipinski definition) is 6. The molecule has 1 aromatic carbocycles. The summed E-state index contributed by atoms with van der Waals surface area (Å²) in [5.41, 5.74) is 0.775. The van der Waals surface area contributed by atoms with Crippen LogP contribution in [0.3, 0.4) is 0 Å². The van der Waals surface area contributed by atoms with E-state index < -0.39 is 25.1 Å². The summed E-state index contributed by atoms with van der Waals surface area (Å²) in [7, 11) is -0.582. The molecule has 0 radical (unpaired) electrons. The molecule has 3 aliphatic carbocycles. The number of likely N-dealkylation sites (tertiary alicyclic amines) is 1. The topological polar surface area (TPSA) is 101 Å². The number of ether oxygens (including phenoxy) is 1. The summed E-state index contributed by atoms with van der Waals surface area (Å²) in [6, 6.07) is 12.0. The number of carbonyl (C=O) groups excluding carboxylic acids is 2. The highest BCUT2D eigenvalue weighted by molar-refractivity contribution is 6.47. The van der Waals surface area contributed by atoms with E-state index in [9.17, 15) is 14.9 Å². The van der Waals surface area contributed by atoms with Crippen molar-refractivity contribution in [2.24, 2.45) is 34.5 Å². The summed E-state index contributed by atoms with van der Waals surface area (Å²) in [5, 5.41) is 12.8. The van der Waals surface area contributed by atoms with E-state index in [0.29, 0.717) is 31.2 Å². The fourth-order valence-electron chi connectivity index (χ4n) is 8.10. The van der Waals surface area contributed by atoms with Gasteiger partial charge in [-0.3, -0.25) is 4.79 Å². The third-order valence-corrected chi connectivity index (χ3v) is 10.5. The minimum Gasteiger partial charge on any atom is -0.447 e. The number of hydrogen-bond donors (Lipinski definition) is 1. The normalized spacial score (nSPS) is 32.8. The zero-order chi connectivity index (χ0) is 30.4. The summed E-state index contributed by atoms with van der Waals surface area (Å²) in [5.74, 6) is 0.0171. The summed E-state index contributed by atoms with van der Waals surface area (Å²) in [6.07, 6.45) is 3.36. The van der Waals surface area contributed by atoms with Crippen LogP contribution in [0.1, 0.15) is 79.7 Å². The lowest BCUT2D eigenvalue weighted by Gasteiger charge is -2.64. The van der Waals surface area contributed by atoms with Gasteiger partial charge in [0, 0.05) is 6.54 Å². The van der Waals surface area contributed by atoms with Crippen LogP contribution in [0.2, 0.25) is 0 Å². The molecule has 5 fully saturated rings. The van der Waals surface area contributed by atoms with Crippen molar-refractivity contribution >= 4 is 19.1 Å². The molecule has 6 rings (SSSR count). The molecule has 3 saturated carbocycles. The molecular formula is C33H48BN3O5. The number of alkyl carbamates (subject to hydrolysis) is 1. The highest BCUT2D eigenvalue weighted by atomic mass is 16.7. The molecule has 8 nitrogen and oxygen atoms in total. The van der Waals surface area contributed by atoms with E-state index in [2.05, 4.69) is 39.1 Å². The van der Waals surface area contributed by atoms with Crippen LogP contribution in [0.5, 0.6) is 0 Å². The minimum absolute atomic E-state index is 0.0103. The molecule has 0 aromatic heterocycles. The van der Waals surface area contributed by atoms with Crippen molar-refractivity contribution in [2.45, 2.75) is 104 Å². The van der Waals surface area contributed by atoms with Gasteiger partial charge in [0.15, 0.2) is 0 Å². The summed E-state index contributed by atoms with van der Waals surface area (Å²) < 4.78 is 19.0. The Balaban J connectivity index is 1.24. The number of nitrogens with zero attached hydrogens (tertiary/aromatic N) is 2. The quantitative estimate of drug-likeness (QED) is 0.415. The number of nitriles is 1. The molecule has 228 valence electrons. The van der Waals surface area contributed by atoms with Gasteiger partial charge >= 0.3 is 13.2 Å². The van der Waals surface area contributed by atoms with E-state index in [0.717, 1.165) is 24.8 Å². The Morgan fingerprint density at radius 3 is 2.55 bits per heavy atom. The second-order valence-corrected chi connectivity index (χ2v) is 15.3. The standard InChI is InChI=1S/C33H48BN3O5/c1-21-13-25(37(19-21)29(38)23(18-35)17-31(2,3)4)20-40-30(39)36-28(14-22-11-9-8-10-12-22)34-41-27-16-24-15-26(32(24,5)6)33(27,7)42-34/h8-12,21,23-28H,13-17,19-20H2,1-7H3,(H,36,39)/t21-,23?,24-,25-,26-,27+,28-,33-/m0/s1. The van der Waals surface area contributed by atoms with Gasteiger partial charge in [-0.05, 0) is 73.2 Å². The van der Waals surface area contributed by atoms with Crippen molar-refractivity contribution in [1.82, 2.24) is 10.2 Å². The molecule has 2 amide bonds. The lowest BCUT2D eigenvalue weighted by atomic mass is 9.43. The molecule has 5 aliphatic rings. The van der Waals surface area contributed by atoms with Crippen LogP contribution in [0.25, 0.3) is 0 Å². The summed E-state index contributed by atoms with van der Waals surface area (Å²) in [4.78, 5) is 28.4. The van der Waals surface area contributed by atoms with E-state index in [4.69, 9.17) is 14.0 Å². The first kappa shape index (κ1) is 30.9. The zero-order valence-corrected chi connectivity index (χ0v) is 26.4. The Hall–Kier alpha value is -2.57. The summed E-state index contributed by atoms with van der Waals surface area (Å²) in [6.45, 7) is 15.7. The number of nitrogens with one attached hydrogen (secondary N) is 1. The van der Waals surface area contributed by atoms with Crippen molar-refractivity contribution in [1.29, 1.82) is 5.26 Å². The molecule has 1 N–H and O–H groups in total. The third-order valence-electron chi connectivity index (χ3n) is 10.5. The van der Waals surface area contributed by atoms with Gasteiger partial charge < -0.3 is 24.3 Å². The van der Waals surface area contributed by atoms with Crippen molar-refractivity contribution in [3.8, 4) is 6.07 Å². The minimum atomic E-state index is -0.709. The average Bonchev–Trinajstić information content (AvgIpc) is 3.48. The molecule has 1 unspecified atom stereocenters. The maximum absolute atomic E-state index is 13.4. The maximum Gasteiger partial charge on any atom is 0.482 e. The molecule has 0 spiro atoms. The predicted octanol–water partition coefficient (Wildman–Crippen LogP) is 5.40. The van der Waals surface area contributed by atoms with Crippen LogP contribution >= 0.6 is 0 Å². The monoisotopic (exact) mass is 577 g/mol. The Morgan fingerprint density at radius 2 is 1.90 bits per heavy atom. The van der Waals surface area contributed by atoms with Crippen molar-refractivity contribution < 1.29 is 23.6 Å². The highest BCUT2D eigenvalue weighted by Crippen LogP contribution is 2.65. The molecule has 2 saturated heterocycles. The largest absolute Gasteiger partial charge is 0.482 e. The van der Waals surface area contributed by atoms with Crippen molar-refractivity contribution in [3.05, 3.63) is 35.9 Å². The average molecular weight is 578 g/mol.